The molecule has 0 spiro atoms. The van der Waals surface area contributed by atoms with Gasteiger partial charge in [0.1, 0.15) is 11.8 Å². The predicted molar refractivity (Wildman–Crippen MR) is 116 cm³/mol. The van der Waals surface area contributed by atoms with Crippen LogP contribution >= 0.6 is 0 Å². The zero-order valence-electron chi connectivity index (χ0n) is 18.3. The Kier molecular flexibility index (Phi) is 7.82. The van der Waals surface area contributed by atoms with E-state index in [1.807, 2.05) is 77.1 Å². The van der Waals surface area contributed by atoms with Crippen molar-refractivity contribution in [3.05, 3.63) is 64.7 Å². The molecule has 0 saturated carbocycles. The van der Waals surface area contributed by atoms with E-state index in [2.05, 4.69) is 5.32 Å². The Hall–Kier alpha value is -2.82. The first-order valence-corrected chi connectivity index (χ1v) is 10.0. The normalized spacial score (nSPS) is 11.8. The minimum atomic E-state index is -0.604. The second-order valence-corrected chi connectivity index (χ2v) is 7.91. The number of hydrogen-bond acceptors (Lipinski definition) is 3. The molecule has 0 aliphatic carbocycles. The van der Waals surface area contributed by atoms with Crippen LogP contribution in [-0.4, -0.2) is 35.4 Å². The number of carbonyl (C=O) groups excluding carboxylic acids is 2. The van der Waals surface area contributed by atoms with Gasteiger partial charge in [0.05, 0.1) is 0 Å². The maximum Gasteiger partial charge on any atom is 0.261 e. The van der Waals surface area contributed by atoms with E-state index in [-0.39, 0.29) is 24.5 Å². The maximum absolute atomic E-state index is 13.0. The van der Waals surface area contributed by atoms with Gasteiger partial charge in [0, 0.05) is 12.6 Å². The van der Waals surface area contributed by atoms with E-state index in [4.69, 9.17) is 4.74 Å². The summed E-state index contributed by atoms with van der Waals surface area (Å²) < 4.78 is 5.78. The lowest BCUT2D eigenvalue weighted by Crippen LogP contribution is -2.50. The van der Waals surface area contributed by atoms with Gasteiger partial charge in [-0.2, -0.15) is 0 Å². The Bertz CT molecular complexity index is 861. The first-order valence-electron chi connectivity index (χ1n) is 10.0. The molecule has 29 heavy (non-hydrogen) atoms. The highest BCUT2D eigenvalue weighted by Gasteiger charge is 2.27. The summed E-state index contributed by atoms with van der Waals surface area (Å²) in [5, 5.41) is 2.89. The van der Waals surface area contributed by atoms with Gasteiger partial charge in [0.25, 0.3) is 5.91 Å². The minimum absolute atomic E-state index is 0.00679. The third-order valence-electron chi connectivity index (χ3n) is 4.72. The van der Waals surface area contributed by atoms with Crippen molar-refractivity contribution in [2.75, 3.05) is 6.61 Å². The van der Waals surface area contributed by atoms with Crippen LogP contribution < -0.4 is 10.1 Å². The second-order valence-electron chi connectivity index (χ2n) is 7.91. The zero-order valence-corrected chi connectivity index (χ0v) is 18.3. The molecule has 0 aliphatic rings. The van der Waals surface area contributed by atoms with Crippen molar-refractivity contribution in [3.63, 3.8) is 0 Å². The molecule has 2 aromatic carbocycles. The number of aryl methyl sites for hydroxylation is 3. The molecule has 5 heteroatoms. The molecular formula is C24H32N2O3. The van der Waals surface area contributed by atoms with Crippen LogP contribution in [0.2, 0.25) is 0 Å². The van der Waals surface area contributed by atoms with Crippen molar-refractivity contribution in [1.29, 1.82) is 0 Å². The zero-order chi connectivity index (χ0) is 21.6. The number of nitrogens with one attached hydrogen (secondary N) is 1. The van der Waals surface area contributed by atoms with Crippen molar-refractivity contribution in [2.45, 2.75) is 60.2 Å². The fourth-order valence-electron chi connectivity index (χ4n) is 3.18. The fourth-order valence-corrected chi connectivity index (χ4v) is 3.18. The third kappa shape index (κ3) is 6.63. The molecule has 0 bridgehead atoms. The van der Waals surface area contributed by atoms with Crippen LogP contribution in [-0.2, 0) is 16.1 Å². The monoisotopic (exact) mass is 396 g/mol. The van der Waals surface area contributed by atoms with E-state index in [0.29, 0.717) is 12.3 Å². The summed E-state index contributed by atoms with van der Waals surface area (Å²) in [5.74, 6) is 0.282. The van der Waals surface area contributed by atoms with Gasteiger partial charge in [0.15, 0.2) is 6.61 Å². The minimum Gasteiger partial charge on any atom is -0.483 e. The van der Waals surface area contributed by atoms with Crippen LogP contribution in [0.1, 0.15) is 43.0 Å². The summed E-state index contributed by atoms with van der Waals surface area (Å²) >= 11 is 0. The number of benzene rings is 2. The van der Waals surface area contributed by atoms with Crippen LogP contribution in [0.25, 0.3) is 0 Å². The average molecular weight is 397 g/mol. The molecular weight excluding hydrogens is 364 g/mol. The second kappa shape index (κ2) is 10.1. The molecule has 0 radical (unpaired) electrons. The van der Waals surface area contributed by atoms with Gasteiger partial charge >= 0.3 is 0 Å². The van der Waals surface area contributed by atoms with E-state index in [9.17, 15) is 9.59 Å². The number of nitrogens with zero attached hydrogens (tertiary/aromatic N) is 1. The molecule has 0 unspecified atom stereocenters. The topological polar surface area (TPSA) is 58.6 Å². The molecule has 2 aromatic rings. The fraction of sp³-hybridized carbons (Fsp3) is 0.417. The number of ether oxygens (including phenoxy) is 1. The SMILES string of the molecule is Cc1cccc(CN(C(=O)COc2ccc(C)cc2C)[C@H](C)C(=O)NC(C)C)c1. The summed E-state index contributed by atoms with van der Waals surface area (Å²) in [6.07, 6.45) is 0. The molecule has 2 amide bonds. The number of hydrogen-bond donors (Lipinski definition) is 1. The van der Waals surface area contributed by atoms with Gasteiger partial charge in [-0.15, -0.1) is 0 Å². The Balaban J connectivity index is 2.17. The number of rotatable bonds is 8. The van der Waals surface area contributed by atoms with Gasteiger partial charge in [0.2, 0.25) is 5.91 Å². The van der Waals surface area contributed by atoms with Gasteiger partial charge in [-0.25, -0.2) is 0 Å². The molecule has 0 heterocycles. The highest BCUT2D eigenvalue weighted by atomic mass is 16.5. The first-order chi connectivity index (χ1) is 13.7. The van der Waals surface area contributed by atoms with Crippen molar-refractivity contribution >= 4 is 11.8 Å². The largest absolute Gasteiger partial charge is 0.483 e. The van der Waals surface area contributed by atoms with Crippen molar-refractivity contribution < 1.29 is 14.3 Å². The smallest absolute Gasteiger partial charge is 0.261 e. The van der Waals surface area contributed by atoms with Gasteiger partial charge in [-0.05, 0) is 58.7 Å². The van der Waals surface area contributed by atoms with Gasteiger partial charge < -0.3 is 15.0 Å². The molecule has 0 aromatic heterocycles. The Morgan fingerprint density at radius 1 is 1.00 bits per heavy atom. The maximum atomic E-state index is 13.0. The summed E-state index contributed by atoms with van der Waals surface area (Å²) in [7, 11) is 0. The van der Waals surface area contributed by atoms with Crippen molar-refractivity contribution in [1.82, 2.24) is 10.2 Å². The molecule has 0 fully saturated rings. The Labute approximate surface area is 174 Å². The molecule has 2 rings (SSSR count). The quantitative estimate of drug-likeness (QED) is 0.735. The van der Waals surface area contributed by atoms with Crippen LogP contribution in [0, 0.1) is 20.8 Å². The summed E-state index contributed by atoms with van der Waals surface area (Å²) in [5.41, 5.74) is 4.21. The van der Waals surface area contributed by atoms with Crippen LogP contribution in [0.15, 0.2) is 42.5 Å². The molecule has 0 saturated heterocycles. The van der Waals surface area contributed by atoms with Crippen molar-refractivity contribution in [2.24, 2.45) is 0 Å². The van der Waals surface area contributed by atoms with E-state index >= 15 is 0 Å². The highest BCUT2D eigenvalue weighted by molar-refractivity contribution is 5.88. The van der Waals surface area contributed by atoms with Gasteiger partial charge in [-0.1, -0.05) is 47.5 Å². The highest BCUT2D eigenvalue weighted by Crippen LogP contribution is 2.19. The van der Waals surface area contributed by atoms with Crippen LogP contribution in [0.3, 0.4) is 0 Å². The molecule has 156 valence electrons. The summed E-state index contributed by atoms with van der Waals surface area (Å²) in [6, 6.07) is 13.2. The van der Waals surface area contributed by atoms with Crippen molar-refractivity contribution in [3.8, 4) is 5.75 Å². The molecule has 1 N–H and O–H groups in total. The van der Waals surface area contributed by atoms with E-state index in [1.54, 1.807) is 11.8 Å². The van der Waals surface area contributed by atoms with Gasteiger partial charge in [-0.3, -0.25) is 9.59 Å². The summed E-state index contributed by atoms with van der Waals surface area (Å²) in [4.78, 5) is 27.2. The lowest BCUT2D eigenvalue weighted by Gasteiger charge is -2.29. The lowest BCUT2D eigenvalue weighted by atomic mass is 10.1. The number of amides is 2. The van der Waals surface area contributed by atoms with E-state index in [1.165, 1.54) is 0 Å². The van der Waals surface area contributed by atoms with Crippen LogP contribution in [0.4, 0.5) is 0 Å². The molecule has 0 aliphatic heterocycles. The molecule has 5 nitrogen and oxygen atoms in total. The van der Waals surface area contributed by atoms with E-state index < -0.39 is 6.04 Å². The standard InChI is InChI=1S/C24H32N2O3/c1-16(2)25-24(28)20(6)26(14-21-9-7-8-17(3)13-21)23(27)15-29-22-11-10-18(4)12-19(22)5/h7-13,16,20H,14-15H2,1-6H3,(H,25,28)/t20-/m1/s1. The van der Waals surface area contributed by atoms with E-state index in [0.717, 1.165) is 22.3 Å². The third-order valence-corrected chi connectivity index (χ3v) is 4.72. The van der Waals surface area contributed by atoms with Crippen LogP contribution in [0.5, 0.6) is 5.75 Å². The predicted octanol–water partition coefficient (Wildman–Crippen LogP) is 3.93. The lowest BCUT2D eigenvalue weighted by molar-refractivity contribution is -0.142. The Morgan fingerprint density at radius 2 is 1.69 bits per heavy atom. The average Bonchev–Trinajstić information content (AvgIpc) is 2.64. The summed E-state index contributed by atoms with van der Waals surface area (Å²) in [6.45, 7) is 11.8. The molecule has 1 atom stereocenters. The Morgan fingerprint density at radius 3 is 2.31 bits per heavy atom. The first kappa shape index (κ1) is 22.5. The number of carbonyl (C=O) groups is 2.